The molecule has 1 fully saturated rings. The summed E-state index contributed by atoms with van der Waals surface area (Å²) in [6, 6.07) is 5.80. The first kappa shape index (κ1) is 29.5. The number of aryl methyl sites for hydroxylation is 1. The van der Waals surface area contributed by atoms with E-state index in [1.807, 2.05) is 19.9 Å². The number of rotatable bonds is 11. The van der Waals surface area contributed by atoms with Crippen LogP contribution >= 0.6 is 0 Å². The van der Waals surface area contributed by atoms with Crippen molar-refractivity contribution in [2.45, 2.75) is 69.9 Å². The predicted octanol–water partition coefficient (Wildman–Crippen LogP) is 3.39. The number of fused-ring (bicyclic) bond motifs is 1. The average Bonchev–Trinajstić information content (AvgIpc) is 3.44. The lowest BCUT2D eigenvalue weighted by molar-refractivity contribution is -0.159. The molecule has 1 amide bonds. The monoisotopic (exact) mass is 570 g/mol. The van der Waals surface area contributed by atoms with Gasteiger partial charge in [0.15, 0.2) is 5.95 Å². The van der Waals surface area contributed by atoms with Crippen LogP contribution in [0.15, 0.2) is 47.8 Å². The standard InChI is InChI=1S/C28H38N6O5S/c1-5-39-25(35)24-16-19(2)9-14-34(24)26(36)28(4,10-6-11-29-27-30-12-13-31-27)33-40(37,38)22-7-8-23-21(17-22)15-20(3)18-32-23/h7-8,12-13,15,17-19,24,33H,5-6,9-11,14,16H2,1-4H3,(H2,29,30,31)/t19?,24?,28-/m0/s1. The number of carbonyl (C=O) groups excluding carboxylic acids is 2. The van der Waals surface area contributed by atoms with E-state index in [1.165, 1.54) is 11.0 Å². The highest BCUT2D eigenvalue weighted by atomic mass is 32.2. The number of aromatic amines is 1. The van der Waals surface area contributed by atoms with Gasteiger partial charge in [-0.05, 0) is 82.2 Å². The molecule has 3 N–H and O–H groups in total. The molecular weight excluding hydrogens is 532 g/mol. The summed E-state index contributed by atoms with van der Waals surface area (Å²) < 4.78 is 35.5. The van der Waals surface area contributed by atoms with Gasteiger partial charge < -0.3 is 19.9 Å². The second kappa shape index (κ2) is 12.3. The summed E-state index contributed by atoms with van der Waals surface area (Å²) in [5, 5.41) is 3.82. The van der Waals surface area contributed by atoms with Gasteiger partial charge in [-0.1, -0.05) is 6.92 Å². The number of nitrogens with zero attached hydrogens (tertiary/aromatic N) is 3. The van der Waals surface area contributed by atoms with E-state index in [1.54, 1.807) is 44.6 Å². The SMILES string of the molecule is CCOC(=O)C1CC(C)CCN1C(=O)[C@](C)(CCCNc1ncc[nH]1)NS(=O)(=O)c1ccc2ncc(C)cc2c1. The van der Waals surface area contributed by atoms with Gasteiger partial charge in [0.25, 0.3) is 0 Å². The molecule has 12 heteroatoms. The molecule has 4 rings (SSSR count). The molecule has 3 atom stereocenters. The highest BCUT2D eigenvalue weighted by Crippen LogP contribution is 2.29. The molecule has 0 saturated carbocycles. The minimum Gasteiger partial charge on any atom is -0.464 e. The Morgan fingerprint density at radius 3 is 2.77 bits per heavy atom. The number of imidazole rings is 1. The first-order valence-corrected chi connectivity index (χ1v) is 15.1. The minimum absolute atomic E-state index is 0.0364. The molecule has 40 heavy (non-hydrogen) atoms. The predicted molar refractivity (Wildman–Crippen MR) is 152 cm³/mol. The molecule has 3 aromatic rings. The number of H-pyrrole nitrogens is 1. The number of pyridine rings is 1. The molecule has 3 heterocycles. The Labute approximate surface area is 235 Å². The third-order valence-corrected chi connectivity index (χ3v) is 8.85. The van der Waals surface area contributed by atoms with E-state index in [0.29, 0.717) is 49.2 Å². The molecule has 2 aromatic heterocycles. The number of esters is 1. The topological polar surface area (TPSA) is 146 Å². The molecule has 2 unspecified atom stereocenters. The van der Waals surface area contributed by atoms with Crippen LogP contribution in [-0.2, 0) is 24.3 Å². The summed E-state index contributed by atoms with van der Waals surface area (Å²) in [4.78, 5) is 40.0. The maximum absolute atomic E-state index is 14.2. The maximum atomic E-state index is 14.2. The Kier molecular flexibility index (Phi) is 9.09. The second-order valence-electron chi connectivity index (χ2n) is 10.7. The van der Waals surface area contributed by atoms with Gasteiger partial charge in [-0.3, -0.25) is 9.78 Å². The zero-order chi connectivity index (χ0) is 28.9. The van der Waals surface area contributed by atoms with E-state index in [9.17, 15) is 18.0 Å². The number of ether oxygens (including phenoxy) is 1. The number of hydrogen-bond donors (Lipinski definition) is 3. The molecule has 0 aliphatic carbocycles. The van der Waals surface area contributed by atoms with Crippen molar-refractivity contribution in [3.63, 3.8) is 0 Å². The second-order valence-corrected chi connectivity index (χ2v) is 12.4. The normalized spacial score (nSPS) is 19.2. The van der Waals surface area contributed by atoms with Crippen LogP contribution in [0.5, 0.6) is 0 Å². The van der Waals surface area contributed by atoms with Gasteiger partial charge in [-0.2, -0.15) is 4.72 Å². The first-order chi connectivity index (χ1) is 19.0. The maximum Gasteiger partial charge on any atom is 0.328 e. The van der Waals surface area contributed by atoms with Crippen LogP contribution in [0.3, 0.4) is 0 Å². The van der Waals surface area contributed by atoms with E-state index in [0.717, 1.165) is 5.56 Å². The fourth-order valence-electron chi connectivity index (χ4n) is 5.12. The zero-order valence-corrected chi connectivity index (χ0v) is 24.3. The van der Waals surface area contributed by atoms with Gasteiger partial charge in [-0.25, -0.2) is 18.2 Å². The number of amides is 1. The first-order valence-electron chi connectivity index (χ1n) is 13.6. The lowest BCUT2D eigenvalue weighted by atomic mass is 9.88. The quantitative estimate of drug-likeness (QED) is 0.235. The van der Waals surface area contributed by atoms with E-state index in [-0.39, 0.29) is 23.8 Å². The van der Waals surface area contributed by atoms with Gasteiger partial charge >= 0.3 is 5.97 Å². The van der Waals surface area contributed by atoms with Crippen LogP contribution in [0.2, 0.25) is 0 Å². The molecule has 1 saturated heterocycles. The summed E-state index contributed by atoms with van der Waals surface area (Å²) in [7, 11) is -4.13. The number of likely N-dealkylation sites (tertiary alicyclic amines) is 1. The van der Waals surface area contributed by atoms with Crippen LogP contribution in [-0.4, -0.2) is 71.4 Å². The molecule has 1 aliphatic rings. The smallest absolute Gasteiger partial charge is 0.328 e. The largest absolute Gasteiger partial charge is 0.464 e. The van der Waals surface area contributed by atoms with Crippen molar-refractivity contribution in [1.29, 1.82) is 0 Å². The molecule has 1 aromatic carbocycles. The molecule has 216 valence electrons. The zero-order valence-electron chi connectivity index (χ0n) is 23.4. The van der Waals surface area contributed by atoms with Crippen molar-refractivity contribution in [1.82, 2.24) is 24.6 Å². The number of aromatic nitrogens is 3. The van der Waals surface area contributed by atoms with Gasteiger partial charge in [0.1, 0.15) is 11.6 Å². The van der Waals surface area contributed by atoms with Crippen molar-refractivity contribution in [2.24, 2.45) is 5.92 Å². The average molecular weight is 571 g/mol. The summed E-state index contributed by atoms with van der Waals surface area (Å²) in [6.45, 7) is 8.23. The summed E-state index contributed by atoms with van der Waals surface area (Å²) in [5.41, 5.74) is 0.0601. The van der Waals surface area contributed by atoms with Gasteiger partial charge in [-0.15, -0.1) is 0 Å². The summed E-state index contributed by atoms with van der Waals surface area (Å²) in [6.07, 6.45) is 6.86. The van der Waals surface area contributed by atoms with Gasteiger partial charge in [0.2, 0.25) is 15.9 Å². The number of anilines is 1. The number of benzene rings is 1. The minimum atomic E-state index is -4.13. The summed E-state index contributed by atoms with van der Waals surface area (Å²) >= 11 is 0. The van der Waals surface area contributed by atoms with Crippen molar-refractivity contribution in [2.75, 3.05) is 25.0 Å². The molecular formula is C28H38N6O5S. The van der Waals surface area contributed by atoms with Crippen molar-refractivity contribution in [3.8, 4) is 0 Å². The molecule has 0 radical (unpaired) electrons. The lowest BCUT2D eigenvalue weighted by Crippen LogP contribution is -2.62. The Morgan fingerprint density at radius 1 is 1.25 bits per heavy atom. The van der Waals surface area contributed by atoms with Crippen molar-refractivity contribution in [3.05, 3.63) is 48.4 Å². The van der Waals surface area contributed by atoms with Crippen LogP contribution in [0, 0.1) is 12.8 Å². The van der Waals surface area contributed by atoms with Gasteiger partial charge in [0.05, 0.1) is 17.0 Å². The number of nitrogens with one attached hydrogen (secondary N) is 3. The highest BCUT2D eigenvalue weighted by Gasteiger charge is 2.45. The third-order valence-electron chi connectivity index (χ3n) is 7.26. The van der Waals surface area contributed by atoms with Gasteiger partial charge in [0, 0.05) is 37.1 Å². The molecule has 0 bridgehead atoms. The third kappa shape index (κ3) is 6.79. The van der Waals surface area contributed by atoms with E-state index >= 15 is 0 Å². The number of sulfonamides is 1. The Bertz CT molecular complexity index is 1440. The van der Waals surface area contributed by atoms with Crippen LogP contribution < -0.4 is 10.0 Å². The Morgan fingerprint density at radius 2 is 2.05 bits per heavy atom. The van der Waals surface area contributed by atoms with Crippen molar-refractivity contribution >= 4 is 38.8 Å². The van der Waals surface area contributed by atoms with Crippen LogP contribution in [0.4, 0.5) is 5.95 Å². The Hall–Kier alpha value is -3.51. The molecule has 0 spiro atoms. The lowest BCUT2D eigenvalue weighted by Gasteiger charge is -2.42. The molecule has 1 aliphatic heterocycles. The Balaban J connectivity index is 1.63. The fourth-order valence-corrected chi connectivity index (χ4v) is 6.55. The number of piperidine rings is 1. The van der Waals surface area contributed by atoms with Crippen LogP contribution in [0.25, 0.3) is 10.9 Å². The number of carbonyl (C=O) groups is 2. The van der Waals surface area contributed by atoms with Crippen molar-refractivity contribution < 1.29 is 22.7 Å². The van der Waals surface area contributed by atoms with E-state index in [4.69, 9.17) is 4.74 Å². The van der Waals surface area contributed by atoms with E-state index < -0.39 is 33.5 Å². The van der Waals surface area contributed by atoms with Crippen LogP contribution in [0.1, 0.15) is 52.0 Å². The highest BCUT2D eigenvalue weighted by molar-refractivity contribution is 7.89. The summed E-state index contributed by atoms with van der Waals surface area (Å²) in [5.74, 6) is -0.101. The fraction of sp³-hybridized carbons (Fsp3) is 0.500. The number of hydrogen-bond acceptors (Lipinski definition) is 8. The molecule has 11 nitrogen and oxygen atoms in total. The van der Waals surface area contributed by atoms with E-state index in [2.05, 4.69) is 25.0 Å².